The van der Waals surface area contributed by atoms with Crippen LogP contribution in [0.2, 0.25) is 0 Å². The van der Waals surface area contributed by atoms with Crippen LogP contribution in [0.15, 0.2) is 11.6 Å². The van der Waals surface area contributed by atoms with Crippen LogP contribution in [0.5, 0.6) is 0 Å². The summed E-state index contributed by atoms with van der Waals surface area (Å²) in [7, 11) is 0. The van der Waals surface area contributed by atoms with Crippen molar-refractivity contribution < 1.29 is 133 Å². The molecule has 32 atom stereocenters. The first-order chi connectivity index (χ1) is 41.2. The summed E-state index contributed by atoms with van der Waals surface area (Å²) in [5.74, 6) is -1.31. The van der Waals surface area contributed by atoms with E-state index in [0.717, 1.165) is 32.6 Å². The second-order valence-electron chi connectivity index (χ2n) is 29.3. The zero-order chi connectivity index (χ0) is 64.3. The molecular weight excluding hydrogens is 1160 g/mol. The SMILES string of the molecule is CC(=O)OCC1OC(OCC2OC(OC(=O)C34CCC(C)(C)CC3C3=CCC5C6(C)CCC(OC7OCC(O)C(O)C7OC7OC(CO)C(O)C(O)C7O)C(C)(C)C6CCC5(C)C3(C)CC4)C(O)C(O)C2O)C(O)C(O)C1OC1OC(C)C(O)C(O)C1O. The number of hydrogen-bond acceptors (Lipinski definition) is 27. The maximum absolute atomic E-state index is 15.3. The van der Waals surface area contributed by atoms with Crippen LogP contribution in [-0.2, 0) is 61.7 Å². The number of rotatable bonds is 14. The first-order valence-corrected chi connectivity index (χ1v) is 31.5. The predicted octanol–water partition coefficient (Wildman–Crippen LogP) is -1.97. The Bertz CT molecular complexity index is 2490. The number of aliphatic hydroxyl groups excluding tert-OH is 14. The van der Waals surface area contributed by atoms with Gasteiger partial charge < -0.3 is 124 Å². The molecular formula is C61H98O27. The van der Waals surface area contributed by atoms with Crippen molar-refractivity contribution in [1.29, 1.82) is 0 Å². The maximum Gasteiger partial charge on any atom is 0.315 e. The normalized spacial score (nSPS) is 52.6. The lowest BCUT2D eigenvalue weighted by atomic mass is 9.33. The van der Waals surface area contributed by atoms with Crippen LogP contribution in [0.4, 0.5) is 0 Å². The van der Waals surface area contributed by atoms with E-state index in [1.807, 2.05) is 0 Å². The standard InChI is InChI=1S/C61H98O27/c1-25-36(65)40(69)44(73)51(81-25)86-48-32(24-78-26(2)63)84-50(47(76)43(48)72)80-23-31-39(68)42(71)46(75)53(83-31)88-55(77)61-18-16-56(3,4)20-28(61)27-10-11-34-58(7)14-13-35(57(5,6)33(58)12-15-60(34,9)59(27,8)17-19-61)85-54-49(37(66)29(64)22-79-54)87-52-45(74)41(70)38(67)30(21-62)82-52/h10,25,28-54,62,64-76H,11-24H2,1-9H3. The van der Waals surface area contributed by atoms with E-state index in [1.165, 1.54) is 12.5 Å². The largest absolute Gasteiger partial charge is 0.463 e. The molecule has 0 aromatic rings. The summed E-state index contributed by atoms with van der Waals surface area (Å²) in [5.41, 5.74) is -1.32. The molecule has 0 radical (unpaired) electrons. The minimum absolute atomic E-state index is 0.133. The molecule has 5 aliphatic carbocycles. The topological polar surface area (TPSA) is 419 Å². The van der Waals surface area contributed by atoms with Crippen molar-refractivity contribution in [3.63, 3.8) is 0 Å². The highest BCUT2D eigenvalue weighted by Gasteiger charge is 2.70. The van der Waals surface area contributed by atoms with E-state index >= 15 is 4.79 Å². The van der Waals surface area contributed by atoms with Crippen molar-refractivity contribution in [2.75, 3.05) is 26.4 Å². The summed E-state index contributed by atoms with van der Waals surface area (Å²) < 4.78 is 65.1. The van der Waals surface area contributed by atoms with Gasteiger partial charge in [-0.25, -0.2) is 0 Å². The summed E-state index contributed by atoms with van der Waals surface area (Å²) in [6.45, 7) is 16.2. The predicted molar refractivity (Wildman–Crippen MR) is 298 cm³/mol. The fourth-order valence-corrected chi connectivity index (χ4v) is 17.7. The van der Waals surface area contributed by atoms with Gasteiger partial charge in [-0.05, 0) is 116 Å². The monoisotopic (exact) mass is 1260 g/mol. The smallest absolute Gasteiger partial charge is 0.315 e. The van der Waals surface area contributed by atoms with E-state index < -0.39 is 196 Å². The molecule has 5 saturated heterocycles. The van der Waals surface area contributed by atoms with E-state index in [2.05, 4.69) is 54.5 Å². The second kappa shape index (κ2) is 25.5. The number of fused-ring (bicyclic) bond motifs is 7. The third-order valence-electron chi connectivity index (χ3n) is 23.4. The Morgan fingerprint density at radius 3 is 1.83 bits per heavy atom. The highest BCUT2D eigenvalue weighted by molar-refractivity contribution is 5.79. The summed E-state index contributed by atoms with van der Waals surface area (Å²) in [6, 6.07) is 0. The van der Waals surface area contributed by atoms with Gasteiger partial charge in [0.25, 0.3) is 0 Å². The van der Waals surface area contributed by atoms with E-state index in [1.54, 1.807) is 0 Å². The summed E-state index contributed by atoms with van der Waals surface area (Å²) in [5, 5.41) is 152. The average molecular weight is 1260 g/mol. The summed E-state index contributed by atoms with van der Waals surface area (Å²) in [6.07, 6.45) is -30.1. The Balaban J connectivity index is 0.830. The maximum atomic E-state index is 15.3. The van der Waals surface area contributed by atoms with Crippen molar-refractivity contribution in [2.24, 2.45) is 50.2 Å². The lowest BCUT2D eigenvalue weighted by molar-refractivity contribution is -0.367. The summed E-state index contributed by atoms with van der Waals surface area (Å²) >= 11 is 0. The van der Waals surface area contributed by atoms with Crippen LogP contribution in [0.3, 0.4) is 0 Å². The van der Waals surface area contributed by atoms with Crippen molar-refractivity contribution in [1.82, 2.24) is 0 Å². The molecule has 0 amide bonds. The van der Waals surface area contributed by atoms with E-state index in [9.17, 15) is 76.3 Å². The van der Waals surface area contributed by atoms with Gasteiger partial charge >= 0.3 is 11.9 Å². The van der Waals surface area contributed by atoms with Crippen LogP contribution in [0, 0.1) is 50.2 Å². The first-order valence-electron chi connectivity index (χ1n) is 31.5. The molecule has 27 heteroatoms. The minimum atomic E-state index is -1.92. The molecule has 0 aromatic heterocycles. The van der Waals surface area contributed by atoms with Gasteiger partial charge in [0, 0.05) is 6.92 Å². The van der Waals surface area contributed by atoms with Crippen molar-refractivity contribution in [3.05, 3.63) is 11.6 Å². The molecule has 10 rings (SSSR count). The molecule has 0 bridgehead atoms. The van der Waals surface area contributed by atoms with Crippen LogP contribution < -0.4 is 0 Å². The van der Waals surface area contributed by atoms with Gasteiger partial charge in [-0.1, -0.05) is 60.1 Å². The molecule has 9 fully saturated rings. The minimum Gasteiger partial charge on any atom is -0.463 e. The van der Waals surface area contributed by atoms with Crippen LogP contribution in [0.25, 0.3) is 0 Å². The summed E-state index contributed by atoms with van der Waals surface area (Å²) in [4.78, 5) is 27.2. The highest BCUT2D eigenvalue weighted by Crippen LogP contribution is 2.76. The second-order valence-corrected chi connectivity index (χ2v) is 29.3. The number of carbonyl (C=O) groups excluding carboxylic acids is 2. The van der Waals surface area contributed by atoms with Gasteiger partial charge in [0.05, 0.1) is 37.4 Å². The van der Waals surface area contributed by atoms with Gasteiger partial charge in [-0.3, -0.25) is 9.59 Å². The Hall–Kier alpha value is -2.24. The fraction of sp³-hybridized carbons (Fsp3) is 0.934. The fourth-order valence-electron chi connectivity index (χ4n) is 17.7. The van der Waals surface area contributed by atoms with Crippen LogP contribution >= 0.6 is 0 Å². The van der Waals surface area contributed by atoms with Gasteiger partial charge in [0.2, 0.25) is 6.29 Å². The van der Waals surface area contributed by atoms with Gasteiger partial charge in [0.15, 0.2) is 25.2 Å². The lowest BCUT2D eigenvalue weighted by Gasteiger charge is -2.71. The number of allylic oxidation sites excluding steroid dienone is 2. The quantitative estimate of drug-likeness (QED) is 0.0509. The zero-order valence-corrected chi connectivity index (χ0v) is 51.7. The average Bonchev–Trinajstić information content (AvgIpc) is 0.712. The molecule has 14 N–H and O–H groups in total. The molecule has 88 heavy (non-hydrogen) atoms. The molecule has 32 unspecified atom stereocenters. The molecule has 4 saturated carbocycles. The zero-order valence-electron chi connectivity index (χ0n) is 51.7. The van der Waals surface area contributed by atoms with Crippen molar-refractivity contribution >= 4 is 11.9 Å². The molecule has 27 nitrogen and oxygen atoms in total. The van der Waals surface area contributed by atoms with E-state index in [0.29, 0.717) is 38.5 Å². The van der Waals surface area contributed by atoms with Gasteiger partial charge in [-0.2, -0.15) is 0 Å². The van der Waals surface area contributed by atoms with E-state index in [4.69, 9.17) is 52.1 Å². The molecule has 5 heterocycles. The number of ether oxygens (including phenoxy) is 11. The molecule has 0 spiro atoms. The van der Waals surface area contributed by atoms with Crippen molar-refractivity contribution in [2.45, 2.75) is 280 Å². The Kier molecular flexibility index (Phi) is 19.9. The Morgan fingerprint density at radius 2 is 1.16 bits per heavy atom. The Labute approximate surface area is 512 Å². The van der Waals surface area contributed by atoms with E-state index in [-0.39, 0.29) is 46.0 Å². The number of aliphatic hydroxyl groups is 14. The highest BCUT2D eigenvalue weighted by atomic mass is 16.8. The first kappa shape index (κ1) is 68.6. The number of carbonyl (C=O) groups is 2. The van der Waals surface area contributed by atoms with Crippen LogP contribution in [-0.4, -0.2) is 263 Å². The Morgan fingerprint density at radius 1 is 0.568 bits per heavy atom. The van der Waals surface area contributed by atoms with Gasteiger partial charge in [0.1, 0.15) is 116 Å². The number of esters is 2. The lowest BCUT2D eigenvalue weighted by Crippen LogP contribution is -2.66. The molecule has 10 aliphatic rings. The van der Waals surface area contributed by atoms with Crippen molar-refractivity contribution in [3.8, 4) is 0 Å². The molecule has 0 aromatic carbocycles. The third kappa shape index (κ3) is 11.9. The molecule has 5 aliphatic heterocycles. The van der Waals surface area contributed by atoms with Crippen LogP contribution in [0.1, 0.15) is 127 Å². The van der Waals surface area contributed by atoms with Gasteiger partial charge in [-0.15, -0.1) is 0 Å². The number of hydrogen-bond donors (Lipinski definition) is 14. The molecule has 504 valence electrons. The third-order valence-corrected chi connectivity index (χ3v) is 23.4.